The lowest BCUT2D eigenvalue weighted by Crippen LogP contribution is -2.28. The Bertz CT molecular complexity index is 380. The molecule has 7 heteroatoms. The van der Waals surface area contributed by atoms with Crippen LogP contribution in [0.2, 0.25) is 0 Å². The molecular formula is C12H21N5O2. The standard InChI is InChI=1S/C12H21N5O2/c1-17(2)6-4-13-11-9-15-10(8-16-11)12(18)14-5-7-19-3/h8-9H,4-7H2,1-3H3,(H,13,16)(H,14,18). The fourth-order valence-corrected chi connectivity index (χ4v) is 1.30. The van der Waals surface area contributed by atoms with Crippen LogP contribution >= 0.6 is 0 Å². The van der Waals surface area contributed by atoms with Gasteiger partial charge in [0.05, 0.1) is 19.0 Å². The number of rotatable bonds is 8. The number of ether oxygens (including phenoxy) is 1. The van der Waals surface area contributed by atoms with E-state index in [0.717, 1.165) is 13.1 Å². The van der Waals surface area contributed by atoms with Gasteiger partial charge in [-0.05, 0) is 14.1 Å². The minimum Gasteiger partial charge on any atom is -0.383 e. The second-order valence-electron chi connectivity index (χ2n) is 4.27. The molecule has 2 N–H and O–H groups in total. The molecule has 7 nitrogen and oxygen atoms in total. The molecule has 1 aromatic heterocycles. The Morgan fingerprint density at radius 2 is 2.11 bits per heavy atom. The molecule has 0 bridgehead atoms. The maximum absolute atomic E-state index is 11.6. The predicted octanol–water partition coefficient (Wildman–Crippen LogP) is -0.174. The van der Waals surface area contributed by atoms with Crippen LogP contribution in [0, 0.1) is 0 Å². The Labute approximate surface area is 113 Å². The molecule has 0 spiro atoms. The van der Waals surface area contributed by atoms with Crippen molar-refractivity contribution in [2.24, 2.45) is 0 Å². The third-order valence-electron chi connectivity index (χ3n) is 2.34. The normalized spacial score (nSPS) is 10.5. The summed E-state index contributed by atoms with van der Waals surface area (Å²) in [4.78, 5) is 21.9. The number of carbonyl (C=O) groups is 1. The van der Waals surface area contributed by atoms with Crippen molar-refractivity contribution in [2.75, 3.05) is 52.8 Å². The van der Waals surface area contributed by atoms with Crippen LogP contribution in [0.4, 0.5) is 5.82 Å². The predicted molar refractivity (Wildman–Crippen MR) is 73.3 cm³/mol. The quantitative estimate of drug-likeness (QED) is 0.636. The number of aromatic nitrogens is 2. The van der Waals surface area contributed by atoms with Crippen LogP contribution in [-0.4, -0.2) is 68.2 Å². The van der Waals surface area contributed by atoms with Crippen LogP contribution in [0.5, 0.6) is 0 Å². The van der Waals surface area contributed by atoms with Crippen molar-refractivity contribution in [3.63, 3.8) is 0 Å². The topological polar surface area (TPSA) is 79.4 Å². The number of methoxy groups -OCH3 is 1. The number of nitrogens with zero attached hydrogens (tertiary/aromatic N) is 3. The maximum Gasteiger partial charge on any atom is 0.271 e. The molecule has 0 fully saturated rings. The highest BCUT2D eigenvalue weighted by atomic mass is 16.5. The highest BCUT2D eigenvalue weighted by molar-refractivity contribution is 5.91. The third-order valence-corrected chi connectivity index (χ3v) is 2.34. The zero-order valence-electron chi connectivity index (χ0n) is 11.6. The van der Waals surface area contributed by atoms with Gasteiger partial charge in [0.15, 0.2) is 0 Å². The summed E-state index contributed by atoms with van der Waals surface area (Å²) in [5.74, 6) is 0.416. The Morgan fingerprint density at radius 3 is 2.68 bits per heavy atom. The molecule has 0 saturated carbocycles. The maximum atomic E-state index is 11.6. The van der Waals surface area contributed by atoms with Gasteiger partial charge in [-0.1, -0.05) is 0 Å². The molecule has 0 atom stereocenters. The molecule has 19 heavy (non-hydrogen) atoms. The molecule has 106 valence electrons. The van der Waals surface area contributed by atoms with Gasteiger partial charge in [0.2, 0.25) is 0 Å². The lowest BCUT2D eigenvalue weighted by Gasteiger charge is -2.10. The molecule has 0 aliphatic carbocycles. The zero-order chi connectivity index (χ0) is 14.1. The Morgan fingerprint density at radius 1 is 1.32 bits per heavy atom. The van der Waals surface area contributed by atoms with Crippen molar-refractivity contribution in [2.45, 2.75) is 0 Å². The molecular weight excluding hydrogens is 246 g/mol. The first kappa shape index (κ1) is 15.3. The first-order valence-corrected chi connectivity index (χ1v) is 6.11. The summed E-state index contributed by atoms with van der Waals surface area (Å²) in [7, 11) is 5.59. The van der Waals surface area contributed by atoms with E-state index in [1.165, 1.54) is 6.20 Å². The van der Waals surface area contributed by atoms with Gasteiger partial charge < -0.3 is 20.3 Å². The summed E-state index contributed by atoms with van der Waals surface area (Å²) in [5.41, 5.74) is 0.300. The number of hydrogen-bond donors (Lipinski definition) is 2. The van der Waals surface area contributed by atoms with E-state index in [-0.39, 0.29) is 5.91 Å². The van der Waals surface area contributed by atoms with Crippen LogP contribution < -0.4 is 10.6 Å². The molecule has 0 aromatic carbocycles. The first-order chi connectivity index (χ1) is 9.13. The average Bonchev–Trinajstić information content (AvgIpc) is 2.39. The smallest absolute Gasteiger partial charge is 0.271 e. The lowest BCUT2D eigenvalue weighted by molar-refractivity contribution is 0.0932. The van der Waals surface area contributed by atoms with Gasteiger partial charge in [-0.2, -0.15) is 0 Å². The Kier molecular flexibility index (Phi) is 6.76. The number of nitrogens with one attached hydrogen (secondary N) is 2. The summed E-state index contributed by atoms with van der Waals surface area (Å²) >= 11 is 0. The molecule has 0 aliphatic rings. The highest BCUT2D eigenvalue weighted by Gasteiger charge is 2.06. The van der Waals surface area contributed by atoms with Gasteiger partial charge in [-0.3, -0.25) is 4.79 Å². The molecule has 1 heterocycles. The highest BCUT2D eigenvalue weighted by Crippen LogP contribution is 2.00. The van der Waals surface area contributed by atoms with E-state index in [2.05, 4.69) is 25.5 Å². The Balaban J connectivity index is 2.40. The first-order valence-electron chi connectivity index (χ1n) is 6.11. The molecule has 1 aromatic rings. The zero-order valence-corrected chi connectivity index (χ0v) is 11.6. The van der Waals surface area contributed by atoms with Gasteiger partial charge in [-0.15, -0.1) is 0 Å². The molecule has 0 aliphatic heterocycles. The molecule has 1 amide bonds. The molecule has 0 saturated heterocycles. The van der Waals surface area contributed by atoms with Gasteiger partial charge in [0.25, 0.3) is 5.91 Å². The van der Waals surface area contributed by atoms with E-state index in [1.807, 2.05) is 14.1 Å². The largest absolute Gasteiger partial charge is 0.383 e. The van der Waals surface area contributed by atoms with Crippen molar-refractivity contribution < 1.29 is 9.53 Å². The average molecular weight is 267 g/mol. The monoisotopic (exact) mass is 267 g/mol. The van der Waals surface area contributed by atoms with E-state index in [0.29, 0.717) is 24.7 Å². The second-order valence-corrected chi connectivity index (χ2v) is 4.27. The summed E-state index contributed by atoms with van der Waals surface area (Å²) in [5, 5.41) is 5.81. The van der Waals surface area contributed by atoms with Gasteiger partial charge in [-0.25, -0.2) is 9.97 Å². The van der Waals surface area contributed by atoms with Gasteiger partial charge in [0, 0.05) is 26.7 Å². The summed E-state index contributed by atoms with van der Waals surface area (Å²) < 4.78 is 4.85. The van der Waals surface area contributed by atoms with Crippen LogP contribution in [0.25, 0.3) is 0 Å². The number of anilines is 1. The van der Waals surface area contributed by atoms with Crippen LogP contribution in [0.1, 0.15) is 10.5 Å². The molecule has 1 rings (SSSR count). The second kappa shape index (κ2) is 8.39. The number of likely N-dealkylation sites (N-methyl/N-ethyl adjacent to an activating group) is 1. The van der Waals surface area contributed by atoms with Crippen molar-refractivity contribution in [3.8, 4) is 0 Å². The minimum atomic E-state index is -0.246. The van der Waals surface area contributed by atoms with Crippen LogP contribution in [-0.2, 0) is 4.74 Å². The van der Waals surface area contributed by atoms with E-state index in [4.69, 9.17) is 4.74 Å². The minimum absolute atomic E-state index is 0.246. The third kappa shape index (κ3) is 6.12. The summed E-state index contributed by atoms with van der Waals surface area (Å²) in [6.45, 7) is 2.62. The fraction of sp³-hybridized carbons (Fsp3) is 0.583. The lowest BCUT2D eigenvalue weighted by atomic mass is 10.4. The van der Waals surface area contributed by atoms with Crippen molar-refractivity contribution in [1.29, 1.82) is 0 Å². The van der Waals surface area contributed by atoms with Crippen LogP contribution in [0.3, 0.4) is 0 Å². The van der Waals surface area contributed by atoms with E-state index >= 15 is 0 Å². The van der Waals surface area contributed by atoms with E-state index in [1.54, 1.807) is 13.3 Å². The van der Waals surface area contributed by atoms with Crippen molar-refractivity contribution in [1.82, 2.24) is 20.2 Å². The van der Waals surface area contributed by atoms with E-state index < -0.39 is 0 Å². The number of carbonyl (C=O) groups excluding carboxylic acids is 1. The number of amides is 1. The van der Waals surface area contributed by atoms with Gasteiger partial charge in [0.1, 0.15) is 11.5 Å². The van der Waals surface area contributed by atoms with Crippen molar-refractivity contribution in [3.05, 3.63) is 18.1 Å². The molecule has 0 unspecified atom stereocenters. The summed E-state index contributed by atoms with van der Waals surface area (Å²) in [6.07, 6.45) is 3.01. The summed E-state index contributed by atoms with van der Waals surface area (Å²) in [6, 6.07) is 0. The Hall–Kier alpha value is -1.73. The van der Waals surface area contributed by atoms with Crippen LogP contribution in [0.15, 0.2) is 12.4 Å². The van der Waals surface area contributed by atoms with E-state index in [9.17, 15) is 4.79 Å². The van der Waals surface area contributed by atoms with Crippen molar-refractivity contribution >= 4 is 11.7 Å². The molecule has 0 radical (unpaired) electrons. The number of hydrogen-bond acceptors (Lipinski definition) is 6. The SMILES string of the molecule is COCCNC(=O)c1cnc(NCCN(C)C)cn1. The fourth-order valence-electron chi connectivity index (χ4n) is 1.30. The van der Waals surface area contributed by atoms with Gasteiger partial charge >= 0.3 is 0 Å².